The van der Waals surface area contributed by atoms with Gasteiger partial charge in [-0.05, 0) is 25.1 Å². The van der Waals surface area contributed by atoms with Gasteiger partial charge in [-0.25, -0.2) is 4.79 Å². The standard InChI is InChI=1S/C16H22ClN3O3/c1-2-23-16(22)20-10-8-19(9-11-20)7-6-15(21)18-14-5-3-4-13(17)12-14/h3-5,12H,2,6-11H2,1H3,(H,18,21). The van der Waals surface area contributed by atoms with Crippen LogP contribution in [-0.4, -0.2) is 61.1 Å². The molecule has 1 N–H and O–H groups in total. The van der Waals surface area contributed by atoms with Crippen molar-refractivity contribution in [2.45, 2.75) is 13.3 Å². The second-order valence-electron chi connectivity index (χ2n) is 5.34. The van der Waals surface area contributed by atoms with Crippen molar-refractivity contribution < 1.29 is 14.3 Å². The maximum atomic E-state index is 12.0. The number of anilines is 1. The highest BCUT2D eigenvalue weighted by molar-refractivity contribution is 6.30. The largest absolute Gasteiger partial charge is 0.450 e. The Morgan fingerprint density at radius 2 is 2.00 bits per heavy atom. The average molecular weight is 340 g/mol. The van der Waals surface area contributed by atoms with Crippen molar-refractivity contribution in [1.82, 2.24) is 9.80 Å². The number of ether oxygens (including phenoxy) is 1. The third kappa shape index (κ3) is 5.73. The highest BCUT2D eigenvalue weighted by Crippen LogP contribution is 2.15. The van der Waals surface area contributed by atoms with Crippen molar-refractivity contribution in [3.8, 4) is 0 Å². The van der Waals surface area contributed by atoms with Crippen LogP contribution < -0.4 is 5.32 Å². The molecule has 0 saturated carbocycles. The molecule has 0 aromatic heterocycles. The minimum absolute atomic E-state index is 0.0416. The zero-order valence-corrected chi connectivity index (χ0v) is 14.0. The van der Waals surface area contributed by atoms with Crippen molar-refractivity contribution in [2.75, 3.05) is 44.6 Å². The SMILES string of the molecule is CCOC(=O)N1CCN(CCC(=O)Nc2cccc(Cl)c2)CC1. The number of nitrogens with one attached hydrogen (secondary N) is 1. The third-order valence-electron chi connectivity index (χ3n) is 3.66. The van der Waals surface area contributed by atoms with Gasteiger partial charge in [0.15, 0.2) is 0 Å². The second kappa shape index (κ2) is 8.74. The topological polar surface area (TPSA) is 61.9 Å². The van der Waals surface area contributed by atoms with Crippen molar-refractivity contribution in [3.05, 3.63) is 29.3 Å². The molecular weight excluding hydrogens is 318 g/mol. The van der Waals surface area contributed by atoms with Crippen LogP contribution in [0.3, 0.4) is 0 Å². The highest BCUT2D eigenvalue weighted by atomic mass is 35.5. The van der Waals surface area contributed by atoms with Gasteiger partial charge in [0, 0.05) is 49.9 Å². The summed E-state index contributed by atoms with van der Waals surface area (Å²) < 4.78 is 4.98. The third-order valence-corrected chi connectivity index (χ3v) is 3.90. The molecule has 1 fully saturated rings. The Hall–Kier alpha value is -1.79. The van der Waals surface area contributed by atoms with Crippen LogP contribution in [0.2, 0.25) is 5.02 Å². The smallest absolute Gasteiger partial charge is 0.409 e. The van der Waals surface area contributed by atoms with Gasteiger partial charge < -0.3 is 15.0 Å². The number of carbonyl (C=O) groups excluding carboxylic acids is 2. The molecule has 126 valence electrons. The lowest BCUT2D eigenvalue weighted by atomic mass is 10.2. The molecule has 0 radical (unpaired) electrons. The normalized spacial score (nSPS) is 15.3. The van der Waals surface area contributed by atoms with Gasteiger partial charge in [-0.1, -0.05) is 17.7 Å². The Balaban J connectivity index is 1.69. The predicted molar refractivity (Wildman–Crippen MR) is 89.7 cm³/mol. The predicted octanol–water partition coefficient (Wildman–Crippen LogP) is 2.44. The molecule has 0 bridgehead atoms. The van der Waals surface area contributed by atoms with Crippen molar-refractivity contribution in [2.24, 2.45) is 0 Å². The Labute approximate surface area is 141 Å². The molecule has 0 atom stereocenters. The van der Waals surface area contributed by atoms with E-state index in [0.717, 1.165) is 13.1 Å². The first kappa shape index (κ1) is 17.6. The van der Waals surface area contributed by atoms with Crippen LogP contribution in [0.4, 0.5) is 10.5 Å². The zero-order chi connectivity index (χ0) is 16.7. The van der Waals surface area contributed by atoms with Gasteiger partial charge in [0.2, 0.25) is 5.91 Å². The Kier molecular flexibility index (Phi) is 6.67. The number of benzene rings is 1. The lowest BCUT2D eigenvalue weighted by Crippen LogP contribution is -2.49. The number of amides is 2. The fourth-order valence-electron chi connectivity index (χ4n) is 2.42. The van der Waals surface area contributed by atoms with Gasteiger partial charge >= 0.3 is 6.09 Å². The molecule has 7 heteroatoms. The van der Waals surface area contributed by atoms with E-state index in [0.29, 0.717) is 43.4 Å². The van der Waals surface area contributed by atoms with E-state index in [1.54, 1.807) is 30.0 Å². The molecule has 2 amide bonds. The van der Waals surface area contributed by atoms with Gasteiger partial charge in [0.05, 0.1) is 6.61 Å². The van der Waals surface area contributed by atoms with Gasteiger partial charge in [0.1, 0.15) is 0 Å². The van der Waals surface area contributed by atoms with Crippen LogP contribution in [0.1, 0.15) is 13.3 Å². The summed E-state index contributed by atoms with van der Waals surface area (Å²) in [6, 6.07) is 7.09. The second-order valence-corrected chi connectivity index (χ2v) is 5.77. The fourth-order valence-corrected chi connectivity index (χ4v) is 2.61. The maximum Gasteiger partial charge on any atom is 0.409 e. The van der Waals surface area contributed by atoms with Crippen LogP contribution >= 0.6 is 11.6 Å². The summed E-state index contributed by atoms with van der Waals surface area (Å²) >= 11 is 5.89. The van der Waals surface area contributed by atoms with Crippen molar-refractivity contribution in [1.29, 1.82) is 0 Å². The number of rotatable bonds is 5. The van der Waals surface area contributed by atoms with Crippen molar-refractivity contribution in [3.63, 3.8) is 0 Å². The molecule has 1 aliphatic rings. The van der Waals surface area contributed by atoms with Crippen molar-refractivity contribution >= 4 is 29.3 Å². The summed E-state index contributed by atoms with van der Waals surface area (Å²) in [7, 11) is 0. The minimum atomic E-state index is -0.258. The van der Waals surface area contributed by atoms with Gasteiger partial charge in [-0.3, -0.25) is 9.69 Å². The van der Waals surface area contributed by atoms with E-state index < -0.39 is 0 Å². The molecule has 23 heavy (non-hydrogen) atoms. The number of carbonyl (C=O) groups is 2. The fraction of sp³-hybridized carbons (Fsp3) is 0.500. The molecule has 1 heterocycles. The Bertz CT molecular complexity index is 545. The molecule has 1 aromatic carbocycles. The van der Waals surface area contributed by atoms with E-state index in [2.05, 4.69) is 10.2 Å². The number of hydrogen-bond acceptors (Lipinski definition) is 4. The van der Waals surface area contributed by atoms with Gasteiger partial charge in [0.25, 0.3) is 0 Å². The molecule has 2 rings (SSSR count). The average Bonchev–Trinajstić information content (AvgIpc) is 2.54. The molecular formula is C16H22ClN3O3. The van der Waals surface area contributed by atoms with Crippen LogP contribution in [0, 0.1) is 0 Å². The molecule has 1 aromatic rings. The first-order chi connectivity index (χ1) is 11.1. The van der Waals surface area contributed by atoms with Crippen LogP contribution in [0.15, 0.2) is 24.3 Å². The van der Waals surface area contributed by atoms with E-state index in [4.69, 9.17) is 16.3 Å². The number of hydrogen-bond donors (Lipinski definition) is 1. The minimum Gasteiger partial charge on any atom is -0.450 e. The maximum absolute atomic E-state index is 12.0. The van der Waals surface area contributed by atoms with E-state index >= 15 is 0 Å². The summed E-state index contributed by atoms with van der Waals surface area (Å²) in [6.45, 7) is 5.63. The lowest BCUT2D eigenvalue weighted by Gasteiger charge is -2.33. The van der Waals surface area contributed by atoms with Crippen LogP contribution in [0.25, 0.3) is 0 Å². The summed E-state index contributed by atoms with van der Waals surface area (Å²) in [4.78, 5) is 27.4. The Morgan fingerprint density at radius 3 is 2.65 bits per heavy atom. The molecule has 6 nitrogen and oxygen atoms in total. The number of nitrogens with zero attached hydrogens (tertiary/aromatic N) is 2. The lowest BCUT2D eigenvalue weighted by molar-refractivity contribution is -0.116. The first-order valence-electron chi connectivity index (χ1n) is 7.78. The summed E-state index contributed by atoms with van der Waals surface area (Å²) in [6.07, 6.45) is 0.150. The molecule has 1 aliphatic heterocycles. The summed E-state index contributed by atoms with van der Waals surface area (Å²) in [5.41, 5.74) is 0.703. The number of piperazine rings is 1. The molecule has 1 saturated heterocycles. The Morgan fingerprint density at radius 1 is 1.26 bits per heavy atom. The van der Waals surface area contributed by atoms with Gasteiger partial charge in [-0.2, -0.15) is 0 Å². The van der Waals surface area contributed by atoms with E-state index in [1.165, 1.54) is 0 Å². The van der Waals surface area contributed by atoms with E-state index in [1.807, 2.05) is 6.07 Å². The highest BCUT2D eigenvalue weighted by Gasteiger charge is 2.21. The van der Waals surface area contributed by atoms with Crippen LogP contribution in [0.5, 0.6) is 0 Å². The van der Waals surface area contributed by atoms with Gasteiger partial charge in [-0.15, -0.1) is 0 Å². The molecule has 0 unspecified atom stereocenters. The molecule has 0 spiro atoms. The van der Waals surface area contributed by atoms with Crippen LogP contribution in [-0.2, 0) is 9.53 Å². The summed E-state index contributed by atoms with van der Waals surface area (Å²) in [5, 5.41) is 3.43. The zero-order valence-electron chi connectivity index (χ0n) is 13.3. The van der Waals surface area contributed by atoms with E-state index in [-0.39, 0.29) is 12.0 Å². The number of halogens is 1. The monoisotopic (exact) mass is 339 g/mol. The van der Waals surface area contributed by atoms with E-state index in [9.17, 15) is 9.59 Å². The first-order valence-corrected chi connectivity index (χ1v) is 8.15. The quantitative estimate of drug-likeness (QED) is 0.895. The summed E-state index contributed by atoms with van der Waals surface area (Å²) in [5.74, 6) is -0.0416. The molecule has 0 aliphatic carbocycles.